The van der Waals surface area contributed by atoms with Crippen molar-refractivity contribution in [2.24, 2.45) is 0 Å². The van der Waals surface area contributed by atoms with Crippen LogP contribution in [0.25, 0.3) is 33.1 Å². The zero-order chi connectivity index (χ0) is 18.2. The molecule has 0 atom stereocenters. The molecule has 0 unspecified atom stereocenters. The molecule has 27 heavy (non-hydrogen) atoms. The van der Waals surface area contributed by atoms with E-state index < -0.39 is 0 Å². The number of fused-ring (bicyclic) bond motifs is 2. The molecule has 0 radical (unpaired) electrons. The first-order chi connectivity index (χ1) is 13.3. The van der Waals surface area contributed by atoms with Gasteiger partial charge < -0.3 is 10.3 Å². The number of benzene rings is 1. The Kier molecular flexibility index (Phi) is 3.53. The standard InChI is InChI=1S/C21H16N6/c1-13-18-10-14(16-9-15-6-8-23-20(15)24-11-16)4-5-19(18)27-21(25-13)26-17-3-2-7-22-12-17/h2-12H,1H3,(H,23,24)(H,25,26,27). The summed E-state index contributed by atoms with van der Waals surface area (Å²) in [5, 5.41) is 5.32. The normalized spacial score (nSPS) is 11.1. The van der Waals surface area contributed by atoms with E-state index in [9.17, 15) is 0 Å². The number of nitrogens with one attached hydrogen (secondary N) is 2. The maximum absolute atomic E-state index is 4.64. The van der Waals surface area contributed by atoms with Crippen LogP contribution in [-0.4, -0.2) is 24.9 Å². The maximum Gasteiger partial charge on any atom is 0.228 e. The van der Waals surface area contributed by atoms with Crippen molar-refractivity contribution in [2.75, 3.05) is 5.32 Å². The predicted octanol–water partition coefficient (Wildman–Crippen LogP) is 4.62. The van der Waals surface area contributed by atoms with Crippen molar-refractivity contribution in [2.45, 2.75) is 6.92 Å². The van der Waals surface area contributed by atoms with Crippen LogP contribution >= 0.6 is 0 Å². The highest BCUT2D eigenvalue weighted by Gasteiger charge is 2.08. The minimum absolute atomic E-state index is 0.566. The SMILES string of the molecule is Cc1nc(Nc2cccnc2)nc2ccc(-c3cnc4[nH]ccc4c3)cc12. The summed E-state index contributed by atoms with van der Waals surface area (Å²) in [6.07, 6.45) is 7.26. The molecule has 0 amide bonds. The molecule has 1 aromatic carbocycles. The monoisotopic (exact) mass is 352 g/mol. The number of nitrogens with zero attached hydrogens (tertiary/aromatic N) is 4. The Bertz CT molecular complexity index is 1260. The average Bonchev–Trinajstić information content (AvgIpc) is 3.16. The van der Waals surface area contributed by atoms with E-state index in [-0.39, 0.29) is 0 Å². The number of hydrogen-bond acceptors (Lipinski definition) is 5. The van der Waals surface area contributed by atoms with Crippen molar-refractivity contribution < 1.29 is 0 Å². The lowest BCUT2D eigenvalue weighted by atomic mass is 10.0. The Balaban J connectivity index is 1.55. The van der Waals surface area contributed by atoms with Crippen molar-refractivity contribution in [3.05, 3.63) is 72.9 Å². The van der Waals surface area contributed by atoms with Crippen molar-refractivity contribution in [3.8, 4) is 11.1 Å². The summed E-state index contributed by atoms with van der Waals surface area (Å²) in [7, 11) is 0. The van der Waals surface area contributed by atoms with E-state index in [0.29, 0.717) is 5.95 Å². The number of aromatic amines is 1. The first-order valence-electron chi connectivity index (χ1n) is 8.65. The van der Waals surface area contributed by atoms with Crippen LogP contribution in [0.3, 0.4) is 0 Å². The zero-order valence-electron chi connectivity index (χ0n) is 14.6. The van der Waals surface area contributed by atoms with Gasteiger partial charge in [0.1, 0.15) is 5.65 Å². The molecule has 0 saturated carbocycles. The molecule has 0 saturated heterocycles. The first kappa shape index (κ1) is 15.5. The summed E-state index contributed by atoms with van der Waals surface area (Å²) < 4.78 is 0. The van der Waals surface area contributed by atoms with Crippen LogP contribution in [-0.2, 0) is 0 Å². The lowest BCUT2D eigenvalue weighted by molar-refractivity contribution is 1.15. The second-order valence-corrected chi connectivity index (χ2v) is 6.37. The van der Waals surface area contributed by atoms with Crippen LogP contribution in [0.4, 0.5) is 11.6 Å². The molecular formula is C21H16N6. The number of rotatable bonds is 3. The highest BCUT2D eigenvalue weighted by Crippen LogP contribution is 2.27. The molecule has 0 fully saturated rings. The van der Waals surface area contributed by atoms with Crippen molar-refractivity contribution in [1.82, 2.24) is 24.9 Å². The van der Waals surface area contributed by atoms with Gasteiger partial charge in [-0.2, -0.15) is 0 Å². The maximum atomic E-state index is 4.64. The summed E-state index contributed by atoms with van der Waals surface area (Å²) in [5.41, 5.74) is 5.74. The molecule has 4 heterocycles. The molecule has 130 valence electrons. The first-order valence-corrected chi connectivity index (χ1v) is 8.65. The van der Waals surface area contributed by atoms with E-state index in [1.54, 1.807) is 12.4 Å². The minimum atomic E-state index is 0.566. The summed E-state index contributed by atoms with van der Waals surface area (Å²) in [4.78, 5) is 20.9. The molecule has 0 spiro atoms. The molecule has 0 aliphatic heterocycles. The lowest BCUT2D eigenvalue weighted by Gasteiger charge is -2.09. The highest BCUT2D eigenvalue weighted by atomic mass is 15.1. The second-order valence-electron chi connectivity index (χ2n) is 6.37. The Morgan fingerprint density at radius 3 is 2.81 bits per heavy atom. The Morgan fingerprint density at radius 2 is 1.93 bits per heavy atom. The smallest absolute Gasteiger partial charge is 0.228 e. The molecule has 4 aromatic heterocycles. The number of hydrogen-bond donors (Lipinski definition) is 2. The van der Waals surface area contributed by atoms with Gasteiger partial charge in [0, 0.05) is 34.9 Å². The molecule has 5 aromatic rings. The number of pyridine rings is 2. The molecule has 0 aliphatic carbocycles. The molecule has 6 nitrogen and oxygen atoms in total. The molecule has 2 N–H and O–H groups in total. The fourth-order valence-electron chi connectivity index (χ4n) is 3.18. The van der Waals surface area contributed by atoms with Gasteiger partial charge in [0.2, 0.25) is 5.95 Å². The minimum Gasteiger partial charge on any atom is -0.346 e. The third-order valence-corrected chi connectivity index (χ3v) is 4.54. The van der Waals surface area contributed by atoms with E-state index in [2.05, 4.69) is 48.4 Å². The average molecular weight is 352 g/mol. The Labute approximate surface area is 155 Å². The second kappa shape index (κ2) is 6.17. The van der Waals surface area contributed by atoms with Gasteiger partial charge in [-0.1, -0.05) is 6.07 Å². The van der Waals surface area contributed by atoms with Crippen molar-refractivity contribution in [1.29, 1.82) is 0 Å². The van der Waals surface area contributed by atoms with Crippen LogP contribution in [0.5, 0.6) is 0 Å². The number of aryl methyl sites for hydroxylation is 1. The highest BCUT2D eigenvalue weighted by molar-refractivity contribution is 5.89. The van der Waals surface area contributed by atoms with Crippen LogP contribution in [0.15, 0.2) is 67.3 Å². The predicted molar refractivity (Wildman–Crippen MR) is 107 cm³/mol. The summed E-state index contributed by atoms with van der Waals surface area (Å²) >= 11 is 0. The van der Waals surface area contributed by atoms with Crippen LogP contribution in [0.2, 0.25) is 0 Å². The van der Waals surface area contributed by atoms with E-state index in [1.165, 1.54) is 0 Å². The Hall–Kier alpha value is -3.80. The van der Waals surface area contributed by atoms with E-state index in [0.717, 1.165) is 44.4 Å². The third-order valence-electron chi connectivity index (χ3n) is 4.54. The van der Waals surface area contributed by atoms with Crippen LogP contribution < -0.4 is 5.32 Å². The van der Waals surface area contributed by atoms with Gasteiger partial charge in [0.25, 0.3) is 0 Å². The van der Waals surface area contributed by atoms with E-state index in [1.807, 2.05) is 43.6 Å². The summed E-state index contributed by atoms with van der Waals surface area (Å²) in [6, 6.07) is 14.2. The van der Waals surface area contributed by atoms with Gasteiger partial charge in [0.15, 0.2) is 0 Å². The van der Waals surface area contributed by atoms with Gasteiger partial charge in [-0.15, -0.1) is 0 Å². The summed E-state index contributed by atoms with van der Waals surface area (Å²) in [5.74, 6) is 0.566. The van der Waals surface area contributed by atoms with Crippen LogP contribution in [0, 0.1) is 6.92 Å². The van der Waals surface area contributed by atoms with Crippen LogP contribution in [0.1, 0.15) is 5.69 Å². The molecular weight excluding hydrogens is 336 g/mol. The number of aromatic nitrogens is 5. The fraction of sp³-hybridized carbons (Fsp3) is 0.0476. The number of anilines is 2. The topological polar surface area (TPSA) is 79.4 Å². The third kappa shape index (κ3) is 2.87. The van der Waals surface area contributed by atoms with E-state index in [4.69, 9.17) is 0 Å². The number of H-pyrrole nitrogens is 1. The molecule has 5 rings (SSSR count). The van der Waals surface area contributed by atoms with Gasteiger partial charge >= 0.3 is 0 Å². The molecule has 6 heteroatoms. The zero-order valence-corrected chi connectivity index (χ0v) is 14.6. The molecule has 0 aliphatic rings. The fourth-order valence-corrected chi connectivity index (χ4v) is 3.18. The van der Waals surface area contributed by atoms with Gasteiger partial charge in [-0.25, -0.2) is 15.0 Å². The molecule has 0 bridgehead atoms. The summed E-state index contributed by atoms with van der Waals surface area (Å²) in [6.45, 7) is 2.00. The Morgan fingerprint density at radius 1 is 0.963 bits per heavy atom. The van der Waals surface area contributed by atoms with Gasteiger partial charge in [-0.3, -0.25) is 4.98 Å². The largest absolute Gasteiger partial charge is 0.346 e. The van der Waals surface area contributed by atoms with Gasteiger partial charge in [-0.05, 0) is 48.9 Å². The van der Waals surface area contributed by atoms with Crippen molar-refractivity contribution >= 4 is 33.6 Å². The van der Waals surface area contributed by atoms with Crippen molar-refractivity contribution in [3.63, 3.8) is 0 Å². The van der Waals surface area contributed by atoms with E-state index >= 15 is 0 Å². The van der Waals surface area contributed by atoms with Gasteiger partial charge in [0.05, 0.1) is 23.1 Å². The quantitative estimate of drug-likeness (QED) is 0.495. The lowest BCUT2D eigenvalue weighted by Crippen LogP contribution is -2.00.